The van der Waals surface area contributed by atoms with Crippen molar-refractivity contribution in [3.63, 3.8) is 0 Å². The van der Waals surface area contributed by atoms with Crippen LogP contribution in [0.15, 0.2) is 66.7 Å². The first kappa shape index (κ1) is 21.1. The summed E-state index contributed by atoms with van der Waals surface area (Å²) in [6, 6.07) is 22.4. The summed E-state index contributed by atoms with van der Waals surface area (Å²) >= 11 is 0. The van der Waals surface area contributed by atoms with Crippen LogP contribution in [0.4, 0.5) is 0 Å². The third-order valence-corrected chi connectivity index (χ3v) is 5.79. The lowest BCUT2D eigenvalue weighted by atomic mass is 9.87. The fourth-order valence-corrected chi connectivity index (χ4v) is 4.12. The number of rotatable bonds is 7. The lowest BCUT2D eigenvalue weighted by Crippen LogP contribution is -2.02. The second-order valence-electron chi connectivity index (χ2n) is 7.97. The van der Waals surface area contributed by atoms with Gasteiger partial charge >= 0.3 is 0 Å². The molecular formula is C28H33N. The van der Waals surface area contributed by atoms with Crippen LogP contribution in [0.5, 0.6) is 0 Å². The summed E-state index contributed by atoms with van der Waals surface area (Å²) in [5, 5.41) is 0. The molecule has 0 atom stereocenters. The highest BCUT2D eigenvalue weighted by Crippen LogP contribution is 2.31. The van der Waals surface area contributed by atoms with Gasteiger partial charge in [0.1, 0.15) is 0 Å². The standard InChI is InChI=1S/C28H33N/c1-5-26(28-21(3)7-6-8-22(28)4)27-19-25(10-9-20(27)2)16-15-23-11-13-24(14-12-23)17-18-29/h5-14,19H,15-18,29H2,1-4H3/b26-5+. The van der Waals surface area contributed by atoms with Gasteiger partial charge in [0.15, 0.2) is 0 Å². The maximum Gasteiger partial charge on any atom is -0.00367 e. The van der Waals surface area contributed by atoms with Crippen molar-refractivity contribution in [3.05, 3.63) is 111 Å². The average Bonchev–Trinajstić information content (AvgIpc) is 2.72. The van der Waals surface area contributed by atoms with Crippen LogP contribution in [0, 0.1) is 20.8 Å². The molecule has 0 unspecified atom stereocenters. The van der Waals surface area contributed by atoms with Gasteiger partial charge in [-0.2, -0.15) is 0 Å². The Labute approximate surface area is 176 Å². The molecule has 3 aromatic carbocycles. The van der Waals surface area contributed by atoms with Gasteiger partial charge in [-0.15, -0.1) is 0 Å². The number of aryl methyl sites for hydroxylation is 5. The molecule has 0 radical (unpaired) electrons. The van der Waals surface area contributed by atoms with Crippen molar-refractivity contribution in [1.29, 1.82) is 0 Å². The molecule has 29 heavy (non-hydrogen) atoms. The molecule has 0 spiro atoms. The normalized spacial score (nSPS) is 11.7. The predicted octanol–water partition coefficient (Wildman–Crippen LogP) is 6.35. The van der Waals surface area contributed by atoms with Crippen LogP contribution in [0.2, 0.25) is 0 Å². The van der Waals surface area contributed by atoms with E-state index in [2.05, 4.69) is 94.4 Å². The van der Waals surface area contributed by atoms with Gasteiger partial charge < -0.3 is 5.73 Å². The van der Waals surface area contributed by atoms with E-state index in [1.165, 1.54) is 50.1 Å². The Kier molecular flexibility index (Phi) is 7.06. The van der Waals surface area contributed by atoms with Crippen LogP contribution in [-0.2, 0) is 19.3 Å². The molecular weight excluding hydrogens is 350 g/mol. The van der Waals surface area contributed by atoms with Gasteiger partial charge in [-0.1, -0.05) is 66.7 Å². The smallest absolute Gasteiger partial charge is 0.00367 e. The van der Waals surface area contributed by atoms with Crippen LogP contribution >= 0.6 is 0 Å². The molecule has 0 aromatic heterocycles. The summed E-state index contributed by atoms with van der Waals surface area (Å²) in [7, 11) is 0. The Morgan fingerprint density at radius 3 is 1.86 bits per heavy atom. The lowest BCUT2D eigenvalue weighted by Gasteiger charge is -2.17. The number of benzene rings is 3. The van der Waals surface area contributed by atoms with E-state index in [1.54, 1.807) is 0 Å². The first-order valence-corrected chi connectivity index (χ1v) is 10.6. The lowest BCUT2D eigenvalue weighted by molar-refractivity contribution is 0.943. The van der Waals surface area contributed by atoms with Crippen LogP contribution in [0.1, 0.15) is 51.4 Å². The van der Waals surface area contributed by atoms with Crippen molar-refractivity contribution < 1.29 is 0 Å². The SMILES string of the molecule is C/C=C(\c1cc(CCc2ccc(CCN)cc2)ccc1C)c1c(C)cccc1C. The Bertz CT molecular complexity index is 973. The van der Waals surface area contributed by atoms with Gasteiger partial charge in [0, 0.05) is 0 Å². The van der Waals surface area contributed by atoms with Gasteiger partial charge in [0.05, 0.1) is 0 Å². The number of hydrogen-bond acceptors (Lipinski definition) is 1. The van der Waals surface area contributed by atoms with Gasteiger partial charge in [-0.05, 0) is 104 Å². The van der Waals surface area contributed by atoms with E-state index in [1.807, 2.05) is 0 Å². The van der Waals surface area contributed by atoms with E-state index in [0.717, 1.165) is 19.3 Å². The minimum atomic E-state index is 0.707. The molecule has 3 rings (SSSR count). The van der Waals surface area contributed by atoms with Crippen molar-refractivity contribution >= 4 is 5.57 Å². The fraction of sp³-hybridized carbons (Fsp3) is 0.286. The summed E-state index contributed by atoms with van der Waals surface area (Å²) in [6.45, 7) is 9.49. The summed E-state index contributed by atoms with van der Waals surface area (Å²) in [5.74, 6) is 0. The number of hydrogen-bond donors (Lipinski definition) is 1. The van der Waals surface area contributed by atoms with Crippen molar-refractivity contribution in [2.75, 3.05) is 6.54 Å². The van der Waals surface area contributed by atoms with Gasteiger partial charge in [0.2, 0.25) is 0 Å². The van der Waals surface area contributed by atoms with E-state index >= 15 is 0 Å². The zero-order valence-corrected chi connectivity index (χ0v) is 18.3. The topological polar surface area (TPSA) is 26.0 Å². The van der Waals surface area contributed by atoms with Crippen LogP contribution in [-0.4, -0.2) is 6.54 Å². The first-order valence-electron chi connectivity index (χ1n) is 10.6. The average molecular weight is 384 g/mol. The van der Waals surface area contributed by atoms with E-state index in [0.29, 0.717) is 6.54 Å². The summed E-state index contributed by atoms with van der Waals surface area (Å²) in [5.41, 5.74) is 17.8. The number of allylic oxidation sites excluding steroid dienone is 1. The van der Waals surface area contributed by atoms with Crippen LogP contribution < -0.4 is 5.73 Å². The first-order chi connectivity index (χ1) is 14.0. The molecule has 0 bridgehead atoms. The molecule has 0 aliphatic carbocycles. The molecule has 0 heterocycles. The largest absolute Gasteiger partial charge is 0.330 e. The molecule has 0 aliphatic heterocycles. The summed E-state index contributed by atoms with van der Waals surface area (Å²) < 4.78 is 0. The van der Waals surface area contributed by atoms with E-state index in [-0.39, 0.29) is 0 Å². The molecule has 0 saturated heterocycles. The highest BCUT2D eigenvalue weighted by atomic mass is 14.5. The van der Waals surface area contributed by atoms with Crippen molar-refractivity contribution in [2.24, 2.45) is 5.73 Å². The summed E-state index contributed by atoms with van der Waals surface area (Å²) in [4.78, 5) is 0. The van der Waals surface area contributed by atoms with Crippen LogP contribution in [0.25, 0.3) is 5.57 Å². The Hall–Kier alpha value is -2.64. The molecule has 0 saturated carbocycles. The quantitative estimate of drug-likeness (QED) is 0.505. The van der Waals surface area contributed by atoms with Crippen LogP contribution in [0.3, 0.4) is 0 Å². The number of nitrogens with two attached hydrogens (primary N) is 1. The molecule has 150 valence electrons. The highest BCUT2D eigenvalue weighted by Gasteiger charge is 2.13. The van der Waals surface area contributed by atoms with E-state index in [9.17, 15) is 0 Å². The van der Waals surface area contributed by atoms with Gasteiger partial charge in [-0.3, -0.25) is 0 Å². The Morgan fingerprint density at radius 2 is 1.28 bits per heavy atom. The second kappa shape index (κ2) is 9.71. The van der Waals surface area contributed by atoms with Gasteiger partial charge in [-0.25, -0.2) is 0 Å². The van der Waals surface area contributed by atoms with Crippen molar-refractivity contribution in [2.45, 2.75) is 47.0 Å². The monoisotopic (exact) mass is 383 g/mol. The van der Waals surface area contributed by atoms with Gasteiger partial charge in [0.25, 0.3) is 0 Å². The molecule has 1 nitrogen and oxygen atoms in total. The van der Waals surface area contributed by atoms with Crippen molar-refractivity contribution in [1.82, 2.24) is 0 Å². The molecule has 0 amide bonds. The molecule has 1 heteroatoms. The zero-order valence-electron chi connectivity index (χ0n) is 18.3. The minimum Gasteiger partial charge on any atom is -0.330 e. The minimum absolute atomic E-state index is 0.707. The fourth-order valence-electron chi connectivity index (χ4n) is 4.12. The third-order valence-electron chi connectivity index (χ3n) is 5.79. The highest BCUT2D eigenvalue weighted by molar-refractivity contribution is 5.84. The van der Waals surface area contributed by atoms with E-state index < -0.39 is 0 Å². The molecule has 0 aliphatic rings. The van der Waals surface area contributed by atoms with E-state index in [4.69, 9.17) is 5.73 Å². The third kappa shape index (κ3) is 5.05. The summed E-state index contributed by atoms with van der Waals surface area (Å²) in [6.07, 6.45) is 5.32. The second-order valence-corrected chi connectivity index (χ2v) is 7.97. The Balaban J connectivity index is 1.84. The molecule has 3 aromatic rings. The molecule has 0 fully saturated rings. The maximum absolute atomic E-state index is 5.65. The molecule has 2 N–H and O–H groups in total. The predicted molar refractivity (Wildman–Crippen MR) is 126 cm³/mol. The van der Waals surface area contributed by atoms with Crippen molar-refractivity contribution in [3.8, 4) is 0 Å². The maximum atomic E-state index is 5.65. The zero-order chi connectivity index (χ0) is 20.8. The Morgan fingerprint density at radius 1 is 0.724 bits per heavy atom.